The van der Waals surface area contributed by atoms with Crippen LogP contribution in [0.2, 0.25) is 0 Å². The van der Waals surface area contributed by atoms with E-state index in [1.807, 2.05) is 0 Å². The smallest absolute Gasteiger partial charge is 0.414 e. The van der Waals surface area contributed by atoms with E-state index in [0.717, 1.165) is 0 Å². The van der Waals surface area contributed by atoms with Crippen molar-refractivity contribution in [1.29, 1.82) is 0 Å². The van der Waals surface area contributed by atoms with Crippen LogP contribution in [0.25, 0.3) is 17.1 Å². The molecule has 4 aromatic rings. The Kier molecular flexibility index (Phi) is 4.65. The molecule has 4 heterocycles. The van der Waals surface area contributed by atoms with E-state index in [1.165, 1.54) is 21.7 Å². The molecule has 1 amide bonds. The fourth-order valence-corrected chi connectivity index (χ4v) is 3.34. The highest BCUT2D eigenvalue weighted by Crippen LogP contribution is 2.27. The van der Waals surface area contributed by atoms with Gasteiger partial charge in [-0.15, -0.1) is 5.10 Å². The zero-order chi connectivity index (χ0) is 21.4. The summed E-state index contributed by atoms with van der Waals surface area (Å²) in [4.78, 5) is 17.5. The third-order valence-electron chi connectivity index (χ3n) is 4.79. The number of amides is 1. The average molecular weight is 427 g/mol. The lowest BCUT2D eigenvalue weighted by Gasteiger charge is -2.14. The van der Waals surface area contributed by atoms with E-state index in [1.54, 1.807) is 41.5 Å². The number of ether oxygens (including phenoxy) is 1. The molecule has 1 aliphatic heterocycles. The summed E-state index contributed by atoms with van der Waals surface area (Å²) in [7, 11) is 0. The van der Waals surface area contributed by atoms with Gasteiger partial charge in [-0.2, -0.15) is 4.98 Å². The standard InChI is InChI=1S/C19H15F2N7O3/c20-8-17-23-18(24-31-17)12-3-5-26(9-12)16-2-1-13(7-15(16)21)28-11-14(30-19(28)29)10-27-6-4-22-25-27/h1-7,9,14H,8,10-11H2. The van der Waals surface area contributed by atoms with Crippen molar-refractivity contribution in [1.82, 2.24) is 29.7 Å². The fourth-order valence-electron chi connectivity index (χ4n) is 3.34. The Morgan fingerprint density at radius 2 is 2.13 bits per heavy atom. The zero-order valence-electron chi connectivity index (χ0n) is 15.9. The number of hydrogen-bond acceptors (Lipinski definition) is 7. The number of carbonyl (C=O) groups is 1. The average Bonchev–Trinajstić information content (AvgIpc) is 3.55. The topological polar surface area (TPSA) is 104 Å². The third-order valence-corrected chi connectivity index (χ3v) is 4.79. The van der Waals surface area contributed by atoms with Crippen LogP contribution in [0.5, 0.6) is 0 Å². The number of anilines is 1. The molecule has 10 nitrogen and oxygen atoms in total. The molecule has 31 heavy (non-hydrogen) atoms. The number of halogens is 2. The molecule has 1 fully saturated rings. The van der Waals surface area contributed by atoms with Gasteiger partial charge in [0.05, 0.1) is 30.7 Å². The summed E-state index contributed by atoms with van der Waals surface area (Å²) in [6.45, 7) is -0.239. The van der Waals surface area contributed by atoms with Gasteiger partial charge >= 0.3 is 6.09 Å². The molecule has 1 unspecified atom stereocenters. The molecule has 3 aromatic heterocycles. The lowest BCUT2D eigenvalue weighted by molar-refractivity contribution is 0.129. The Balaban J connectivity index is 1.34. The highest BCUT2D eigenvalue weighted by Gasteiger charge is 2.33. The van der Waals surface area contributed by atoms with Gasteiger partial charge in [0.25, 0.3) is 5.89 Å². The summed E-state index contributed by atoms with van der Waals surface area (Å²) in [5.41, 5.74) is 1.19. The first-order valence-electron chi connectivity index (χ1n) is 9.30. The largest absolute Gasteiger partial charge is 0.442 e. The minimum atomic E-state index is -0.859. The van der Waals surface area contributed by atoms with Gasteiger partial charge in [-0.25, -0.2) is 18.3 Å². The second-order valence-electron chi connectivity index (χ2n) is 6.83. The maximum absolute atomic E-state index is 14.9. The maximum Gasteiger partial charge on any atom is 0.414 e. The lowest BCUT2D eigenvalue weighted by Crippen LogP contribution is -2.26. The van der Waals surface area contributed by atoms with Crippen molar-refractivity contribution in [3.8, 4) is 17.1 Å². The number of aromatic nitrogens is 6. The summed E-state index contributed by atoms with van der Waals surface area (Å²) in [5.74, 6) is -0.454. The summed E-state index contributed by atoms with van der Waals surface area (Å²) in [6, 6.07) is 6.11. The van der Waals surface area contributed by atoms with Crippen molar-refractivity contribution < 1.29 is 22.8 Å². The number of benzene rings is 1. The predicted molar refractivity (Wildman–Crippen MR) is 101 cm³/mol. The van der Waals surface area contributed by atoms with Gasteiger partial charge in [-0.3, -0.25) is 4.90 Å². The van der Waals surface area contributed by atoms with E-state index in [2.05, 4.69) is 20.5 Å². The molecule has 5 rings (SSSR count). The van der Waals surface area contributed by atoms with Crippen LogP contribution in [0.4, 0.5) is 19.3 Å². The lowest BCUT2D eigenvalue weighted by atomic mass is 10.2. The molecule has 1 atom stereocenters. The Labute approximate surface area is 173 Å². The van der Waals surface area contributed by atoms with E-state index in [0.29, 0.717) is 17.8 Å². The van der Waals surface area contributed by atoms with E-state index >= 15 is 0 Å². The second kappa shape index (κ2) is 7.63. The summed E-state index contributed by atoms with van der Waals surface area (Å²) >= 11 is 0. The SMILES string of the molecule is O=C1OC(Cn2ccnn2)CN1c1ccc(-n2ccc(-c3noc(CF)n3)c2)c(F)c1. The van der Waals surface area contributed by atoms with Crippen LogP contribution in [-0.2, 0) is 18.0 Å². The van der Waals surface area contributed by atoms with Crippen LogP contribution in [0, 0.1) is 5.82 Å². The quantitative estimate of drug-likeness (QED) is 0.466. The molecule has 1 aromatic carbocycles. The molecular weight excluding hydrogens is 412 g/mol. The molecule has 0 N–H and O–H groups in total. The molecule has 12 heteroatoms. The van der Waals surface area contributed by atoms with Crippen LogP contribution in [0.3, 0.4) is 0 Å². The molecule has 0 aliphatic carbocycles. The molecule has 0 saturated carbocycles. The van der Waals surface area contributed by atoms with Crippen molar-refractivity contribution in [2.45, 2.75) is 19.3 Å². The van der Waals surface area contributed by atoms with Crippen LogP contribution >= 0.6 is 0 Å². The predicted octanol–water partition coefficient (Wildman–Crippen LogP) is 2.75. The highest BCUT2D eigenvalue weighted by molar-refractivity contribution is 5.89. The summed E-state index contributed by atoms with van der Waals surface area (Å²) < 4.78 is 40.7. The van der Waals surface area contributed by atoms with Crippen LogP contribution < -0.4 is 4.90 Å². The van der Waals surface area contributed by atoms with E-state index < -0.39 is 24.7 Å². The van der Waals surface area contributed by atoms with Gasteiger partial charge in [0.1, 0.15) is 11.9 Å². The van der Waals surface area contributed by atoms with Crippen molar-refractivity contribution in [2.24, 2.45) is 0 Å². The Hall–Kier alpha value is -4.09. The first kappa shape index (κ1) is 18.9. The molecule has 0 radical (unpaired) electrons. The number of cyclic esters (lactones) is 1. The molecule has 1 saturated heterocycles. The van der Waals surface area contributed by atoms with Gasteiger partial charge in [0.2, 0.25) is 5.82 Å². The number of nitrogens with zero attached hydrogens (tertiary/aromatic N) is 7. The summed E-state index contributed by atoms with van der Waals surface area (Å²) in [5, 5.41) is 11.3. The number of hydrogen-bond donors (Lipinski definition) is 0. The first-order chi connectivity index (χ1) is 15.1. The molecule has 1 aliphatic rings. The van der Waals surface area contributed by atoms with Crippen molar-refractivity contribution in [3.05, 3.63) is 60.8 Å². The second-order valence-corrected chi connectivity index (χ2v) is 6.83. The zero-order valence-corrected chi connectivity index (χ0v) is 15.9. The maximum atomic E-state index is 14.9. The Morgan fingerprint density at radius 1 is 1.23 bits per heavy atom. The minimum Gasteiger partial charge on any atom is -0.442 e. The molecule has 0 spiro atoms. The Bertz CT molecular complexity index is 1220. The van der Waals surface area contributed by atoms with E-state index in [9.17, 15) is 13.6 Å². The fraction of sp³-hybridized carbons (Fsp3) is 0.211. The van der Waals surface area contributed by atoms with Gasteiger partial charge < -0.3 is 13.8 Å². The van der Waals surface area contributed by atoms with Gasteiger partial charge in [0, 0.05) is 24.2 Å². The van der Waals surface area contributed by atoms with Crippen molar-refractivity contribution in [2.75, 3.05) is 11.4 Å². The molecular formula is C19H15F2N7O3. The van der Waals surface area contributed by atoms with E-state index in [4.69, 9.17) is 9.26 Å². The van der Waals surface area contributed by atoms with E-state index in [-0.39, 0.29) is 23.9 Å². The minimum absolute atomic E-state index is 0.127. The molecule has 158 valence electrons. The third kappa shape index (κ3) is 3.63. The van der Waals surface area contributed by atoms with Crippen molar-refractivity contribution >= 4 is 11.8 Å². The monoisotopic (exact) mass is 427 g/mol. The van der Waals surface area contributed by atoms with Crippen LogP contribution in [-0.4, -0.2) is 48.4 Å². The summed E-state index contributed by atoms with van der Waals surface area (Å²) in [6.07, 6.45) is 5.45. The normalized spacial score (nSPS) is 16.1. The van der Waals surface area contributed by atoms with Crippen molar-refractivity contribution in [3.63, 3.8) is 0 Å². The highest BCUT2D eigenvalue weighted by atomic mass is 19.1. The van der Waals surface area contributed by atoms with Gasteiger partial charge in [0.15, 0.2) is 6.67 Å². The van der Waals surface area contributed by atoms with Gasteiger partial charge in [-0.05, 0) is 24.3 Å². The number of rotatable bonds is 6. The van der Waals surface area contributed by atoms with Crippen LogP contribution in [0.1, 0.15) is 5.89 Å². The molecule has 0 bridgehead atoms. The van der Waals surface area contributed by atoms with Gasteiger partial charge in [-0.1, -0.05) is 10.4 Å². The number of carbonyl (C=O) groups excluding carboxylic acids is 1. The Morgan fingerprint density at radius 3 is 2.87 bits per heavy atom. The number of alkyl halides is 1. The first-order valence-corrected chi connectivity index (χ1v) is 9.30. The van der Waals surface area contributed by atoms with Crippen LogP contribution in [0.15, 0.2) is 53.6 Å².